The van der Waals surface area contributed by atoms with E-state index in [1.54, 1.807) is 0 Å². The number of carbonyl (C=O) groups excluding carboxylic acids is 3. The molecule has 0 fully saturated rings. The van der Waals surface area contributed by atoms with Crippen molar-refractivity contribution in [3.8, 4) is 0 Å². The minimum absolute atomic E-state index is 0.0947. The predicted octanol–water partition coefficient (Wildman–Crippen LogP) is 24.2. The zero-order valence-corrected chi connectivity index (χ0v) is 54.0. The van der Waals surface area contributed by atoms with Crippen LogP contribution in [0.2, 0.25) is 0 Å². The summed E-state index contributed by atoms with van der Waals surface area (Å²) in [6.45, 7) is 6.50. The monoisotopic (exact) mass is 1140 g/mol. The van der Waals surface area contributed by atoms with Gasteiger partial charge < -0.3 is 14.2 Å². The average Bonchev–Trinajstić information content (AvgIpc) is 3.47. The third kappa shape index (κ3) is 66.9. The number of hydrogen-bond acceptors (Lipinski definition) is 6. The summed E-state index contributed by atoms with van der Waals surface area (Å²) < 4.78 is 16.9. The Morgan fingerprint density at radius 2 is 0.476 bits per heavy atom. The highest BCUT2D eigenvalue weighted by atomic mass is 16.6. The largest absolute Gasteiger partial charge is 0.462 e. The predicted molar refractivity (Wildman–Crippen MR) is 357 cm³/mol. The average molecular weight is 1140 g/mol. The van der Waals surface area contributed by atoms with Crippen LogP contribution in [0.3, 0.4) is 0 Å². The number of allylic oxidation sites excluding steroid dienone is 18. The van der Waals surface area contributed by atoms with Crippen LogP contribution in [0.4, 0.5) is 0 Å². The van der Waals surface area contributed by atoms with Gasteiger partial charge in [0.2, 0.25) is 0 Å². The standard InChI is InChI=1S/C76H130O6/c1-4-7-10-13-16-19-22-25-27-29-31-33-35-37-38-40-41-43-45-47-49-51-54-57-60-63-66-69-75(78)81-72-73(71-80-74(77)68-65-62-59-56-53-24-21-18-15-12-9-6-3)82-76(79)70-67-64-61-58-55-52-50-48-46-44-42-39-36-34-32-30-28-26-23-20-17-14-11-8-5-2/h7,10,16,18-19,21,25,27,31,33,37-38,41,43,47,49,54,57,73H,4-6,8-9,11-15,17,20,22-24,26,28-30,32,34-36,39-40,42,44-46,48,50-53,55-56,58-72H2,1-3H3/b10-7-,19-16-,21-18-,27-25-,33-31-,38-37-,43-41-,49-47-,57-54-. The van der Waals surface area contributed by atoms with Crippen LogP contribution < -0.4 is 0 Å². The molecule has 0 bridgehead atoms. The molecule has 0 aliphatic carbocycles. The molecule has 0 aromatic heterocycles. The summed E-state index contributed by atoms with van der Waals surface area (Å²) >= 11 is 0. The second kappa shape index (κ2) is 69.6. The van der Waals surface area contributed by atoms with Crippen LogP contribution in [0.25, 0.3) is 0 Å². The van der Waals surface area contributed by atoms with E-state index < -0.39 is 6.10 Å². The van der Waals surface area contributed by atoms with E-state index in [4.69, 9.17) is 14.2 Å². The van der Waals surface area contributed by atoms with Gasteiger partial charge in [0, 0.05) is 19.3 Å². The van der Waals surface area contributed by atoms with Crippen molar-refractivity contribution in [3.63, 3.8) is 0 Å². The lowest BCUT2D eigenvalue weighted by atomic mass is 10.0. The van der Waals surface area contributed by atoms with Gasteiger partial charge in [0.05, 0.1) is 0 Å². The quantitative estimate of drug-likeness (QED) is 0.0261. The summed E-state index contributed by atoms with van der Waals surface area (Å²) in [5, 5.41) is 0. The van der Waals surface area contributed by atoms with E-state index in [9.17, 15) is 14.4 Å². The van der Waals surface area contributed by atoms with Crippen molar-refractivity contribution in [2.24, 2.45) is 0 Å². The molecule has 0 saturated heterocycles. The molecule has 0 aliphatic rings. The van der Waals surface area contributed by atoms with Crippen molar-refractivity contribution in [1.29, 1.82) is 0 Å². The highest BCUT2D eigenvalue weighted by Crippen LogP contribution is 2.17. The summed E-state index contributed by atoms with van der Waals surface area (Å²) in [6, 6.07) is 0. The Balaban J connectivity index is 4.35. The Morgan fingerprint density at radius 1 is 0.256 bits per heavy atom. The van der Waals surface area contributed by atoms with Crippen molar-refractivity contribution in [2.75, 3.05) is 13.2 Å². The van der Waals surface area contributed by atoms with E-state index in [0.29, 0.717) is 19.3 Å². The third-order valence-electron chi connectivity index (χ3n) is 15.0. The van der Waals surface area contributed by atoms with Crippen molar-refractivity contribution < 1.29 is 28.6 Å². The Hall–Kier alpha value is -3.93. The Kier molecular flexibility index (Phi) is 66.2. The third-order valence-corrected chi connectivity index (χ3v) is 15.0. The van der Waals surface area contributed by atoms with Gasteiger partial charge in [-0.3, -0.25) is 14.4 Å². The van der Waals surface area contributed by atoms with Crippen LogP contribution in [-0.2, 0) is 28.6 Å². The molecule has 0 rings (SSSR count). The zero-order valence-electron chi connectivity index (χ0n) is 54.0. The second-order valence-corrected chi connectivity index (χ2v) is 23.1. The van der Waals surface area contributed by atoms with Crippen LogP contribution in [0.1, 0.15) is 335 Å². The van der Waals surface area contributed by atoms with Crippen LogP contribution in [0.5, 0.6) is 0 Å². The lowest BCUT2D eigenvalue weighted by molar-refractivity contribution is -0.167. The Labute approximate surface area is 508 Å². The zero-order chi connectivity index (χ0) is 59.2. The minimum Gasteiger partial charge on any atom is -0.462 e. The smallest absolute Gasteiger partial charge is 0.306 e. The normalized spacial score (nSPS) is 12.8. The molecule has 6 heteroatoms. The fraction of sp³-hybridized carbons (Fsp3) is 0.724. The number of esters is 3. The molecule has 6 nitrogen and oxygen atoms in total. The summed E-state index contributed by atoms with van der Waals surface area (Å²) in [5.74, 6) is -0.936. The summed E-state index contributed by atoms with van der Waals surface area (Å²) in [6.07, 6.45) is 95.5. The van der Waals surface area contributed by atoms with Gasteiger partial charge in [0.1, 0.15) is 13.2 Å². The fourth-order valence-corrected chi connectivity index (χ4v) is 9.81. The molecular formula is C76H130O6. The molecule has 1 unspecified atom stereocenters. The van der Waals surface area contributed by atoms with Gasteiger partial charge in [-0.05, 0) is 109 Å². The first-order chi connectivity index (χ1) is 40.5. The molecule has 0 N–H and O–H groups in total. The maximum absolute atomic E-state index is 12.9. The van der Waals surface area contributed by atoms with Gasteiger partial charge in [-0.2, -0.15) is 0 Å². The molecule has 1 atom stereocenters. The number of unbranched alkanes of at least 4 members (excludes halogenated alkanes) is 34. The molecule has 0 aliphatic heterocycles. The summed E-state index contributed by atoms with van der Waals surface area (Å²) in [5.41, 5.74) is 0. The Morgan fingerprint density at radius 3 is 0.805 bits per heavy atom. The molecule has 0 spiro atoms. The van der Waals surface area contributed by atoms with Gasteiger partial charge in [-0.1, -0.05) is 316 Å². The number of hydrogen-bond donors (Lipinski definition) is 0. The molecule has 0 aromatic carbocycles. The lowest BCUT2D eigenvalue weighted by Gasteiger charge is -2.18. The molecule has 470 valence electrons. The van der Waals surface area contributed by atoms with Gasteiger partial charge in [-0.25, -0.2) is 0 Å². The van der Waals surface area contributed by atoms with Crippen molar-refractivity contribution in [2.45, 2.75) is 341 Å². The van der Waals surface area contributed by atoms with Crippen LogP contribution >= 0.6 is 0 Å². The molecular weight excluding hydrogens is 1010 g/mol. The molecule has 0 radical (unpaired) electrons. The molecule has 0 heterocycles. The van der Waals surface area contributed by atoms with Crippen LogP contribution in [0, 0.1) is 0 Å². The van der Waals surface area contributed by atoms with E-state index in [1.165, 1.54) is 180 Å². The first-order valence-electron chi connectivity index (χ1n) is 34.9. The number of rotatable bonds is 63. The molecule has 0 amide bonds. The second-order valence-electron chi connectivity index (χ2n) is 23.1. The van der Waals surface area contributed by atoms with Crippen LogP contribution in [0.15, 0.2) is 109 Å². The maximum Gasteiger partial charge on any atom is 0.306 e. The van der Waals surface area contributed by atoms with E-state index >= 15 is 0 Å². The van der Waals surface area contributed by atoms with Gasteiger partial charge >= 0.3 is 17.9 Å². The van der Waals surface area contributed by atoms with Gasteiger partial charge in [0.15, 0.2) is 6.10 Å². The van der Waals surface area contributed by atoms with Gasteiger partial charge in [0.25, 0.3) is 0 Å². The highest BCUT2D eigenvalue weighted by molar-refractivity contribution is 5.71. The van der Waals surface area contributed by atoms with Crippen molar-refractivity contribution in [1.82, 2.24) is 0 Å². The lowest BCUT2D eigenvalue weighted by Crippen LogP contribution is -2.30. The highest BCUT2D eigenvalue weighted by Gasteiger charge is 2.19. The molecule has 0 aromatic rings. The maximum atomic E-state index is 12.9. The van der Waals surface area contributed by atoms with Crippen molar-refractivity contribution >= 4 is 17.9 Å². The summed E-state index contributed by atoms with van der Waals surface area (Å²) in [4.78, 5) is 38.4. The van der Waals surface area contributed by atoms with E-state index in [2.05, 4.69) is 130 Å². The molecule has 82 heavy (non-hydrogen) atoms. The number of carbonyl (C=O) groups is 3. The molecule has 0 saturated carbocycles. The minimum atomic E-state index is -0.801. The topological polar surface area (TPSA) is 78.9 Å². The number of ether oxygens (including phenoxy) is 3. The van der Waals surface area contributed by atoms with E-state index in [1.807, 2.05) is 0 Å². The first kappa shape index (κ1) is 78.1. The SMILES string of the molecule is CC/C=C\C/C=C\C/C=C\C/C=C\C/C=C\C/C=C\C/C=C\C/C=C\CCCCC(=O)OCC(COC(=O)CCCCCCC/C=C\CCCCC)OC(=O)CCCCCCCCCCCCCCCCCCCCCCCCCCC. The van der Waals surface area contributed by atoms with Gasteiger partial charge in [-0.15, -0.1) is 0 Å². The van der Waals surface area contributed by atoms with E-state index in [0.717, 1.165) is 116 Å². The first-order valence-corrected chi connectivity index (χ1v) is 34.9. The summed E-state index contributed by atoms with van der Waals surface area (Å²) in [7, 11) is 0. The Bertz CT molecular complexity index is 1640. The van der Waals surface area contributed by atoms with Crippen molar-refractivity contribution in [3.05, 3.63) is 109 Å². The van der Waals surface area contributed by atoms with Crippen LogP contribution in [-0.4, -0.2) is 37.2 Å². The van der Waals surface area contributed by atoms with E-state index in [-0.39, 0.29) is 31.1 Å². The fourth-order valence-electron chi connectivity index (χ4n) is 9.81.